The van der Waals surface area contributed by atoms with Gasteiger partial charge in [0.2, 0.25) is 0 Å². The van der Waals surface area contributed by atoms with Gasteiger partial charge < -0.3 is 20.7 Å². The molecule has 1 fully saturated rings. The van der Waals surface area contributed by atoms with Crippen LogP contribution in [0.5, 0.6) is 0 Å². The number of hydrogen-bond donors (Lipinski definition) is 3. The van der Waals surface area contributed by atoms with E-state index in [0.29, 0.717) is 11.9 Å². The summed E-state index contributed by atoms with van der Waals surface area (Å²) in [6.07, 6.45) is 9.28. The fourth-order valence-corrected chi connectivity index (χ4v) is 2.92. The summed E-state index contributed by atoms with van der Waals surface area (Å²) < 4.78 is 2.05. The highest BCUT2D eigenvalue weighted by molar-refractivity contribution is 5.88. The maximum Gasteiger partial charge on any atom is 0.164 e. The Balaban J connectivity index is 1.73. The lowest BCUT2D eigenvalue weighted by molar-refractivity contribution is 0.244. The molecule has 0 aliphatic heterocycles. The zero-order valence-electron chi connectivity index (χ0n) is 11.7. The number of nitrogen functional groups attached to an aromatic ring is 1. The third-order valence-electron chi connectivity index (χ3n) is 4.23. The molecule has 1 saturated carbocycles. The number of fused-ring (bicyclic) bond motifs is 1. The van der Waals surface area contributed by atoms with Gasteiger partial charge in [-0.15, -0.1) is 0 Å². The van der Waals surface area contributed by atoms with Gasteiger partial charge in [-0.25, -0.2) is 9.97 Å². The number of aliphatic hydroxyl groups excluding tert-OH is 1. The highest BCUT2D eigenvalue weighted by atomic mass is 16.3. The van der Waals surface area contributed by atoms with E-state index in [0.717, 1.165) is 23.3 Å². The van der Waals surface area contributed by atoms with Gasteiger partial charge in [0.05, 0.1) is 18.1 Å². The topological polar surface area (TPSA) is 89.0 Å². The van der Waals surface area contributed by atoms with Crippen LogP contribution in [0.4, 0.5) is 11.5 Å². The molecule has 2 heterocycles. The van der Waals surface area contributed by atoms with Gasteiger partial charge in [-0.2, -0.15) is 0 Å². The highest BCUT2D eigenvalue weighted by Gasteiger charge is 2.25. The molecule has 6 heteroatoms. The van der Waals surface area contributed by atoms with E-state index < -0.39 is 0 Å². The molecule has 2 aliphatic rings. The van der Waals surface area contributed by atoms with Gasteiger partial charge in [-0.3, -0.25) is 0 Å². The number of nitrogens with one attached hydrogen (secondary N) is 1. The van der Waals surface area contributed by atoms with Crippen LogP contribution >= 0.6 is 0 Å². The largest absolute Gasteiger partial charge is 0.396 e. The minimum absolute atomic E-state index is 0.184. The van der Waals surface area contributed by atoms with Gasteiger partial charge in [-0.05, 0) is 19.3 Å². The van der Waals surface area contributed by atoms with E-state index in [1.165, 1.54) is 12.8 Å². The van der Waals surface area contributed by atoms with Crippen LogP contribution in [-0.2, 0) is 0 Å². The van der Waals surface area contributed by atoms with Crippen molar-refractivity contribution in [1.82, 2.24) is 14.5 Å². The van der Waals surface area contributed by atoms with E-state index in [2.05, 4.69) is 32.0 Å². The van der Waals surface area contributed by atoms with E-state index in [4.69, 9.17) is 5.73 Å². The van der Waals surface area contributed by atoms with E-state index in [9.17, 15) is 5.11 Å². The number of aliphatic hydroxyl groups is 1. The standard InChI is InChI=1S/C15H19N5O/c16-13-6-12(18-10-2-3-10)14-15(19-13)20(8-17-14)11-4-1-9(5-11)7-21/h1,4,6,8-11,21H,2-3,5,7H2,(H3,16,18,19)/t9-,11-/m0/s1. The van der Waals surface area contributed by atoms with E-state index >= 15 is 0 Å². The Morgan fingerprint density at radius 1 is 1.38 bits per heavy atom. The number of aromatic nitrogens is 3. The van der Waals surface area contributed by atoms with Crippen LogP contribution in [0.1, 0.15) is 25.3 Å². The van der Waals surface area contributed by atoms with Crippen LogP contribution in [0.3, 0.4) is 0 Å². The maximum atomic E-state index is 9.27. The first-order valence-corrected chi connectivity index (χ1v) is 7.43. The quantitative estimate of drug-likeness (QED) is 0.744. The third kappa shape index (κ3) is 2.25. The van der Waals surface area contributed by atoms with E-state index in [-0.39, 0.29) is 18.6 Å². The van der Waals surface area contributed by atoms with Gasteiger partial charge in [0, 0.05) is 24.6 Å². The molecule has 0 saturated heterocycles. The summed E-state index contributed by atoms with van der Waals surface area (Å²) >= 11 is 0. The predicted molar refractivity (Wildman–Crippen MR) is 82.0 cm³/mol. The second-order valence-corrected chi connectivity index (χ2v) is 5.97. The summed E-state index contributed by atoms with van der Waals surface area (Å²) in [4.78, 5) is 8.98. The smallest absolute Gasteiger partial charge is 0.164 e. The average molecular weight is 285 g/mol. The predicted octanol–water partition coefficient (Wildman–Crippen LogP) is 1.70. The second-order valence-electron chi connectivity index (χ2n) is 5.97. The molecule has 4 rings (SSSR count). The third-order valence-corrected chi connectivity index (χ3v) is 4.23. The lowest BCUT2D eigenvalue weighted by atomic mass is 10.1. The van der Waals surface area contributed by atoms with Crippen molar-refractivity contribution >= 4 is 22.7 Å². The molecular formula is C15H19N5O. The van der Waals surface area contributed by atoms with Crippen LogP contribution in [-0.4, -0.2) is 32.3 Å². The van der Waals surface area contributed by atoms with E-state index in [1.807, 2.05) is 12.4 Å². The van der Waals surface area contributed by atoms with Crippen molar-refractivity contribution in [2.75, 3.05) is 17.7 Å². The molecule has 2 aromatic rings. The number of hydrogen-bond acceptors (Lipinski definition) is 5. The van der Waals surface area contributed by atoms with Crippen LogP contribution in [0.25, 0.3) is 11.2 Å². The molecule has 0 unspecified atom stereocenters. The van der Waals surface area contributed by atoms with Crippen molar-refractivity contribution in [3.8, 4) is 0 Å². The number of imidazole rings is 1. The Hall–Kier alpha value is -2.08. The lowest BCUT2D eigenvalue weighted by Crippen LogP contribution is -2.09. The number of anilines is 2. The highest BCUT2D eigenvalue weighted by Crippen LogP contribution is 2.33. The summed E-state index contributed by atoms with van der Waals surface area (Å²) in [5.41, 5.74) is 8.61. The molecule has 2 aliphatic carbocycles. The number of rotatable bonds is 4. The van der Waals surface area contributed by atoms with Crippen LogP contribution in [0.15, 0.2) is 24.5 Å². The summed E-state index contributed by atoms with van der Waals surface area (Å²) in [6, 6.07) is 2.60. The molecule has 2 aromatic heterocycles. The first kappa shape index (κ1) is 12.6. The SMILES string of the molecule is Nc1cc(NC2CC2)c2ncn([C@H]3C=C[C@H](CO)C3)c2n1. The Morgan fingerprint density at radius 3 is 2.95 bits per heavy atom. The lowest BCUT2D eigenvalue weighted by Gasteiger charge is -2.13. The average Bonchev–Trinajstić information content (AvgIpc) is 3.01. The summed E-state index contributed by atoms with van der Waals surface area (Å²) in [7, 11) is 0. The van der Waals surface area contributed by atoms with Crippen LogP contribution in [0, 0.1) is 5.92 Å². The molecule has 0 amide bonds. The zero-order valence-corrected chi connectivity index (χ0v) is 11.7. The maximum absolute atomic E-state index is 9.27. The Morgan fingerprint density at radius 2 is 2.24 bits per heavy atom. The van der Waals surface area contributed by atoms with Crippen molar-refractivity contribution in [3.05, 3.63) is 24.5 Å². The van der Waals surface area contributed by atoms with Crippen molar-refractivity contribution in [2.24, 2.45) is 5.92 Å². The molecule has 4 N–H and O–H groups in total. The molecule has 6 nitrogen and oxygen atoms in total. The molecule has 0 aromatic carbocycles. The zero-order chi connectivity index (χ0) is 14.4. The molecule has 0 bridgehead atoms. The van der Waals surface area contributed by atoms with Gasteiger partial charge in [-0.1, -0.05) is 12.2 Å². The number of allylic oxidation sites excluding steroid dienone is 1. The van der Waals surface area contributed by atoms with E-state index in [1.54, 1.807) is 0 Å². The van der Waals surface area contributed by atoms with Crippen molar-refractivity contribution in [1.29, 1.82) is 0 Å². The Kier molecular flexibility index (Phi) is 2.85. The molecule has 0 radical (unpaired) electrons. The Bertz CT molecular complexity index is 703. The fraction of sp³-hybridized carbons (Fsp3) is 0.467. The number of nitrogens with zero attached hydrogens (tertiary/aromatic N) is 3. The number of nitrogens with two attached hydrogens (primary N) is 1. The summed E-state index contributed by atoms with van der Waals surface area (Å²) in [5, 5.41) is 12.7. The molecule has 2 atom stereocenters. The first-order valence-electron chi connectivity index (χ1n) is 7.43. The van der Waals surface area contributed by atoms with Gasteiger partial charge in [0.1, 0.15) is 11.3 Å². The minimum Gasteiger partial charge on any atom is -0.396 e. The van der Waals surface area contributed by atoms with Gasteiger partial charge >= 0.3 is 0 Å². The van der Waals surface area contributed by atoms with Gasteiger partial charge in [0.15, 0.2) is 5.65 Å². The van der Waals surface area contributed by atoms with Crippen LogP contribution in [0.2, 0.25) is 0 Å². The normalized spacial score (nSPS) is 24.8. The Labute approximate surface area is 122 Å². The second kappa shape index (κ2) is 4.73. The van der Waals surface area contributed by atoms with Crippen molar-refractivity contribution < 1.29 is 5.11 Å². The number of pyridine rings is 1. The van der Waals surface area contributed by atoms with Crippen LogP contribution < -0.4 is 11.1 Å². The molecule has 0 spiro atoms. The molecular weight excluding hydrogens is 266 g/mol. The molecule has 21 heavy (non-hydrogen) atoms. The minimum atomic E-state index is 0.184. The van der Waals surface area contributed by atoms with Crippen molar-refractivity contribution in [3.63, 3.8) is 0 Å². The summed E-state index contributed by atoms with van der Waals surface area (Å²) in [5.74, 6) is 0.727. The first-order chi connectivity index (χ1) is 10.2. The van der Waals surface area contributed by atoms with Crippen molar-refractivity contribution in [2.45, 2.75) is 31.3 Å². The molecule has 110 valence electrons. The fourth-order valence-electron chi connectivity index (χ4n) is 2.92. The monoisotopic (exact) mass is 285 g/mol. The van der Waals surface area contributed by atoms with Gasteiger partial charge in [0.25, 0.3) is 0 Å². The summed E-state index contributed by atoms with van der Waals surface area (Å²) in [6.45, 7) is 0.184.